The first-order chi connectivity index (χ1) is 7.36. The first-order valence-electron chi connectivity index (χ1n) is 5.93. The normalized spacial score (nSPS) is 20.4. The lowest BCUT2D eigenvalue weighted by Gasteiger charge is -2.20. The lowest BCUT2D eigenvalue weighted by molar-refractivity contribution is 0.242. The standard InChI is InChI=1S/C11H22F2N2/c12-4-1-6-14-8-3-9-15(11-10-14)7-2-5-13/h1-11H2. The fraction of sp³-hybridized carbons (Fsp3) is 1.00. The second-order valence-electron chi connectivity index (χ2n) is 4.12. The number of hydrogen-bond donors (Lipinski definition) is 0. The summed E-state index contributed by atoms with van der Waals surface area (Å²) in [5.41, 5.74) is 0. The molecule has 2 nitrogen and oxygen atoms in total. The summed E-state index contributed by atoms with van der Waals surface area (Å²) in [7, 11) is 0. The highest BCUT2D eigenvalue weighted by molar-refractivity contribution is 4.69. The van der Waals surface area contributed by atoms with Gasteiger partial charge in [-0.05, 0) is 32.4 Å². The van der Waals surface area contributed by atoms with E-state index in [1.54, 1.807) is 0 Å². The van der Waals surface area contributed by atoms with Crippen LogP contribution >= 0.6 is 0 Å². The van der Waals surface area contributed by atoms with Crippen molar-refractivity contribution >= 4 is 0 Å². The third-order valence-corrected chi connectivity index (χ3v) is 2.90. The molecule has 0 aromatic heterocycles. The zero-order valence-electron chi connectivity index (χ0n) is 9.43. The Morgan fingerprint density at radius 2 is 1.20 bits per heavy atom. The van der Waals surface area contributed by atoms with Crippen molar-refractivity contribution in [3.63, 3.8) is 0 Å². The smallest absolute Gasteiger partial charge is 0.0906 e. The van der Waals surface area contributed by atoms with Crippen LogP contribution in [0.2, 0.25) is 0 Å². The quantitative estimate of drug-likeness (QED) is 0.672. The first-order valence-corrected chi connectivity index (χ1v) is 5.93. The summed E-state index contributed by atoms with van der Waals surface area (Å²) in [6.45, 7) is 5.43. The largest absolute Gasteiger partial charge is 0.302 e. The monoisotopic (exact) mass is 220 g/mol. The van der Waals surface area contributed by atoms with Gasteiger partial charge < -0.3 is 9.80 Å². The lowest BCUT2D eigenvalue weighted by Crippen LogP contribution is -2.32. The summed E-state index contributed by atoms with van der Waals surface area (Å²) < 4.78 is 24.0. The fourth-order valence-electron chi connectivity index (χ4n) is 2.04. The Morgan fingerprint density at radius 1 is 0.733 bits per heavy atom. The predicted octanol–water partition coefficient (Wildman–Crippen LogP) is 1.71. The molecule has 1 saturated heterocycles. The van der Waals surface area contributed by atoms with Gasteiger partial charge in [0.05, 0.1) is 13.3 Å². The van der Waals surface area contributed by atoms with Crippen molar-refractivity contribution in [1.82, 2.24) is 9.80 Å². The van der Waals surface area contributed by atoms with Crippen LogP contribution in [0.3, 0.4) is 0 Å². The predicted molar refractivity (Wildman–Crippen MR) is 58.7 cm³/mol. The van der Waals surface area contributed by atoms with Gasteiger partial charge in [0.15, 0.2) is 0 Å². The van der Waals surface area contributed by atoms with E-state index in [0.29, 0.717) is 12.8 Å². The van der Waals surface area contributed by atoms with E-state index >= 15 is 0 Å². The van der Waals surface area contributed by atoms with Gasteiger partial charge in [-0.2, -0.15) is 0 Å². The summed E-state index contributed by atoms with van der Waals surface area (Å²) in [5, 5.41) is 0. The van der Waals surface area contributed by atoms with Crippen molar-refractivity contribution in [3.8, 4) is 0 Å². The first kappa shape index (κ1) is 12.8. The summed E-state index contributed by atoms with van der Waals surface area (Å²) >= 11 is 0. The molecule has 4 heteroatoms. The Kier molecular flexibility index (Phi) is 6.85. The van der Waals surface area contributed by atoms with Gasteiger partial charge in [0.2, 0.25) is 0 Å². The summed E-state index contributed by atoms with van der Waals surface area (Å²) in [4.78, 5) is 4.63. The Balaban J connectivity index is 2.16. The van der Waals surface area contributed by atoms with Crippen LogP contribution in [0.1, 0.15) is 19.3 Å². The third kappa shape index (κ3) is 5.42. The molecule has 1 fully saturated rings. The fourth-order valence-corrected chi connectivity index (χ4v) is 2.04. The number of rotatable bonds is 6. The molecule has 0 saturated carbocycles. The van der Waals surface area contributed by atoms with Crippen molar-refractivity contribution in [2.24, 2.45) is 0 Å². The molecule has 0 spiro atoms. The molecule has 0 N–H and O–H groups in total. The molecule has 1 heterocycles. The van der Waals surface area contributed by atoms with Crippen molar-refractivity contribution < 1.29 is 8.78 Å². The molecule has 0 unspecified atom stereocenters. The molecule has 0 atom stereocenters. The topological polar surface area (TPSA) is 6.48 Å². The van der Waals surface area contributed by atoms with Gasteiger partial charge in [0.25, 0.3) is 0 Å². The van der Waals surface area contributed by atoms with Crippen molar-refractivity contribution in [1.29, 1.82) is 0 Å². The van der Waals surface area contributed by atoms with Crippen molar-refractivity contribution in [2.75, 3.05) is 52.6 Å². The van der Waals surface area contributed by atoms with E-state index in [0.717, 1.165) is 45.7 Å². The van der Waals surface area contributed by atoms with Gasteiger partial charge >= 0.3 is 0 Å². The Bertz CT molecular complexity index is 140. The van der Waals surface area contributed by atoms with Crippen LogP contribution in [0.4, 0.5) is 8.78 Å². The van der Waals surface area contributed by atoms with Crippen LogP contribution < -0.4 is 0 Å². The molecule has 1 aliphatic heterocycles. The summed E-state index contributed by atoms with van der Waals surface area (Å²) in [6, 6.07) is 0. The summed E-state index contributed by atoms with van der Waals surface area (Å²) in [6.07, 6.45) is 2.41. The van der Waals surface area contributed by atoms with Crippen LogP contribution in [0, 0.1) is 0 Å². The molecular weight excluding hydrogens is 198 g/mol. The lowest BCUT2D eigenvalue weighted by atomic mass is 10.3. The second-order valence-corrected chi connectivity index (χ2v) is 4.12. The van der Waals surface area contributed by atoms with E-state index in [-0.39, 0.29) is 13.3 Å². The molecule has 1 aliphatic rings. The van der Waals surface area contributed by atoms with E-state index in [2.05, 4.69) is 9.80 Å². The molecular formula is C11H22F2N2. The number of hydrogen-bond acceptors (Lipinski definition) is 2. The molecule has 1 rings (SSSR count). The third-order valence-electron chi connectivity index (χ3n) is 2.90. The highest BCUT2D eigenvalue weighted by Crippen LogP contribution is 2.04. The minimum atomic E-state index is -0.220. The molecule has 0 amide bonds. The highest BCUT2D eigenvalue weighted by Gasteiger charge is 2.13. The van der Waals surface area contributed by atoms with Gasteiger partial charge in [-0.15, -0.1) is 0 Å². The number of alkyl halides is 2. The Morgan fingerprint density at radius 3 is 1.60 bits per heavy atom. The van der Waals surface area contributed by atoms with Crippen LogP contribution in [0.5, 0.6) is 0 Å². The average molecular weight is 220 g/mol. The SMILES string of the molecule is FCCCN1CCCN(CCCF)CC1. The average Bonchev–Trinajstić information content (AvgIpc) is 2.49. The van der Waals surface area contributed by atoms with Crippen LogP contribution in [0.15, 0.2) is 0 Å². The van der Waals surface area contributed by atoms with E-state index in [1.807, 2.05) is 0 Å². The highest BCUT2D eigenvalue weighted by atomic mass is 19.1. The van der Waals surface area contributed by atoms with E-state index in [4.69, 9.17) is 0 Å². The number of nitrogens with zero attached hydrogens (tertiary/aromatic N) is 2. The molecule has 15 heavy (non-hydrogen) atoms. The maximum Gasteiger partial charge on any atom is 0.0906 e. The van der Waals surface area contributed by atoms with Gasteiger partial charge in [-0.1, -0.05) is 0 Å². The van der Waals surface area contributed by atoms with Crippen molar-refractivity contribution in [2.45, 2.75) is 19.3 Å². The molecule has 0 radical (unpaired) electrons. The Labute approximate surface area is 91.2 Å². The minimum Gasteiger partial charge on any atom is -0.302 e. The Hall–Kier alpha value is -0.220. The van der Waals surface area contributed by atoms with Crippen molar-refractivity contribution in [3.05, 3.63) is 0 Å². The second kappa shape index (κ2) is 7.99. The maximum atomic E-state index is 12.0. The van der Waals surface area contributed by atoms with Gasteiger partial charge in [-0.3, -0.25) is 8.78 Å². The number of halogens is 2. The zero-order valence-corrected chi connectivity index (χ0v) is 9.43. The van der Waals surface area contributed by atoms with Gasteiger partial charge in [-0.25, -0.2) is 0 Å². The van der Waals surface area contributed by atoms with Gasteiger partial charge in [0, 0.05) is 26.2 Å². The zero-order chi connectivity index (χ0) is 10.9. The van der Waals surface area contributed by atoms with E-state index < -0.39 is 0 Å². The molecule has 0 bridgehead atoms. The molecule has 0 aromatic rings. The van der Waals surface area contributed by atoms with Crippen LogP contribution in [-0.4, -0.2) is 62.4 Å². The molecule has 90 valence electrons. The summed E-state index contributed by atoms with van der Waals surface area (Å²) in [5.74, 6) is 0. The van der Waals surface area contributed by atoms with E-state index in [9.17, 15) is 8.78 Å². The molecule has 0 aromatic carbocycles. The van der Waals surface area contributed by atoms with Crippen LogP contribution in [-0.2, 0) is 0 Å². The van der Waals surface area contributed by atoms with Crippen LogP contribution in [0.25, 0.3) is 0 Å². The van der Waals surface area contributed by atoms with Gasteiger partial charge in [0.1, 0.15) is 0 Å². The van der Waals surface area contributed by atoms with E-state index in [1.165, 1.54) is 0 Å². The maximum absolute atomic E-state index is 12.0. The minimum absolute atomic E-state index is 0.220. The molecule has 0 aliphatic carbocycles.